The van der Waals surface area contributed by atoms with Crippen LogP contribution in [0.5, 0.6) is 0 Å². The first-order chi connectivity index (χ1) is 6.72. The van der Waals surface area contributed by atoms with Crippen molar-refractivity contribution in [3.8, 4) is 0 Å². The molecule has 0 aromatic heterocycles. The fraction of sp³-hybridized carbons (Fsp3) is 1.00. The second-order valence-corrected chi connectivity index (χ2v) is 4.98. The van der Waals surface area contributed by atoms with Crippen LogP contribution in [0.25, 0.3) is 0 Å². The molecule has 2 atom stereocenters. The Morgan fingerprint density at radius 1 is 1.14 bits per heavy atom. The first kappa shape index (κ1) is 12.0. The minimum absolute atomic E-state index is 0.831. The molecule has 1 fully saturated rings. The van der Waals surface area contributed by atoms with Crippen LogP contribution in [0.1, 0.15) is 33.1 Å². The highest BCUT2D eigenvalue weighted by molar-refractivity contribution is 4.76. The highest BCUT2D eigenvalue weighted by Gasteiger charge is 2.23. The molecule has 1 N–H and O–H groups in total. The largest absolute Gasteiger partial charge is 0.383 e. The fourth-order valence-electron chi connectivity index (χ4n) is 2.76. The van der Waals surface area contributed by atoms with Crippen LogP contribution in [0.2, 0.25) is 0 Å². The van der Waals surface area contributed by atoms with E-state index in [1.54, 1.807) is 7.11 Å². The standard InChI is InChI=1S/C12H25NO/c1-10-6-11(2)8-12(7-10)9-13-4-5-14-3/h10-13H,4-9H2,1-3H3. The smallest absolute Gasteiger partial charge is 0.0587 e. The van der Waals surface area contributed by atoms with Crippen molar-refractivity contribution in [1.29, 1.82) is 0 Å². The van der Waals surface area contributed by atoms with Gasteiger partial charge in [0.15, 0.2) is 0 Å². The lowest BCUT2D eigenvalue weighted by atomic mass is 9.77. The lowest BCUT2D eigenvalue weighted by Gasteiger charge is -2.31. The average Bonchev–Trinajstić information content (AvgIpc) is 2.11. The van der Waals surface area contributed by atoms with Crippen molar-refractivity contribution >= 4 is 0 Å². The third-order valence-electron chi connectivity index (χ3n) is 3.19. The molecule has 0 radical (unpaired) electrons. The van der Waals surface area contributed by atoms with Crippen LogP contribution in [0.15, 0.2) is 0 Å². The summed E-state index contributed by atoms with van der Waals surface area (Å²) in [6.07, 6.45) is 4.24. The lowest BCUT2D eigenvalue weighted by Crippen LogP contribution is -2.31. The maximum Gasteiger partial charge on any atom is 0.0587 e. The van der Waals surface area contributed by atoms with Crippen molar-refractivity contribution in [2.75, 3.05) is 26.8 Å². The first-order valence-corrected chi connectivity index (χ1v) is 5.92. The molecule has 84 valence electrons. The van der Waals surface area contributed by atoms with Crippen molar-refractivity contribution in [3.05, 3.63) is 0 Å². The summed E-state index contributed by atoms with van der Waals surface area (Å²) < 4.78 is 5.01. The summed E-state index contributed by atoms with van der Waals surface area (Å²) in [5.74, 6) is 2.74. The van der Waals surface area contributed by atoms with Crippen LogP contribution >= 0.6 is 0 Å². The van der Waals surface area contributed by atoms with Crippen LogP contribution in [0.4, 0.5) is 0 Å². The number of rotatable bonds is 5. The molecule has 2 nitrogen and oxygen atoms in total. The third-order valence-corrected chi connectivity index (χ3v) is 3.19. The Balaban J connectivity index is 2.10. The highest BCUT2D eigenvalue weighted by Crippen LogP contribution is 2.32. The summed E-state index contributed by atoms with van der Waals surface area (Å²) in [6.45, 7) is 7.78. The predicted octanol–water partition coefficient (Wildman–Crippen LogP) is 2.29. The number of hydrogen-bond acceptors (Lipinski definition) is 2. The van der Waals surface area contributed by atoms with Gasteiger partial charge in [-0.1, -0.05) is 13.8 Å². The van der Waals surface area contributed by atoms with Crippen LogP contribution in [0.3, 0.4) is 0 Å². The van der Waals surface area contributed by atoms with Crippen molar-refractivity contribution in [3.63, 3.8) is 0 Å². The fourth-order valence-corrected chi connectivity index (χ4v) is 2.76. The van der Waals surface area contributed by atoms with Crippen molar-refractivity contribution in [2.45, 2.75) is 33.1 Å². The number of hydrogen-bond donors (Lipinski definition) is 1. The summed E-state index contributed by atoms with van der Waals surface area (Å²) >= 11 is 0. The van der Waals surface area contributed by atoms with Crippen LogP contribution in [-0.4, -0.2) is 26.8 Å². The normalized spacial score (nSPS) is 33.2. The molecule has 0 bridgehead atoms. The molecule has 0 spiro atoms. The lowest BCUT2D eigenvalue weighted by molar-refractivity contribution is 0.185. The van der Waals surface area contributed by atoms with E-state index < -0.39 is 0 Å². The van der Waals surface area contributed by atoms with Gasteiger partial charge in [-0.3, -0.25) is 0 Å². The summed E-state index contributed by atoms with van der Waals surface area (Å²) in [5.41, 5.74) is 0. The molecule has 0 aromatic rings. The summed E-state index contributed by atoms with van der Waals surface area (Å²) in [5, 5.41) is 3.47. The number of methoxy groups -OCH3 is 1. The van der Waals surface area contributed by atoms with E-state index in [9.17, 15) is 0 Å². The van der Waals surface area contributed by atoms with E-state index in [0.717, 1.165) is 30.9 Å². The predicted molar refractivity (Wildman–Crippen MR) is 60.4 cm³/mol. The number of ether oxygens (including phenoxy) is 1. The van der Waals surface area contributed by atoms with Crippen LogP contribution < -0.4 is 5.32 Å². The molecule has 14 heavy (non-hydrogen) atoms. The van der Waals surface area contributed by atoms with Crippen LogP contribution in [-0.2, 0) is 4.74 Å². The molecule has 0 aromatic carbocycles. The zero-order chi connectivity index (χ0) is 10.4. The Morgan fingerprint density at radius 2 is 1.79 bits per heavy atom. The van der Waals surface area contributed by atoms with E-state index in [1.165, 1.54) is 25.8 Å². The molecule has 2 heteroatoms. The Hall–Kier alpha value is -0.0800. The molecule has 0 amide bonds. The minimum atomic E-state index is 0.831. The molecule has 1 saturated carbocycles. The summed E-state index contributed by atoms with van der Waals surface area (Å²) in [7, 11) is 1.76. The van der Waals surface area contributed by atoms with E-state index in [0.29, 0.717) is 0 Å². The molecule has 1 aliphatic rings. The van der Waals surface area contributed by atoms with Gasteiger partial charge in [-0.25, -0.2) is 0 Å². The van der Waals surface area contributed by atoms with E-state index in [4.69, 9.17) is 4.74 Å². The van der Waals surface area contributed by atoms with Gasteiger partial charge in [0.2, 0.25) is 0 Å². The highest BCUT2D eigenvalue weighted by atomic mass is 16.5. The average molecular weight is 199 g/mol. The van der Waals surface area contributed by atoms with Crippen molar-refractivity contribution in [1.82, 2.24) is 5.32 Å². The van der Waals surface area contributed by atoms with E-state index >= 15 is 0 Å². The second-order valence-electron chi connectivity index (χ2n) is 4.98. The maximum atomic E-state index is 5.01. The summed E-state index contributed by atoms with van der Waals surface area (Å²) in [4.78, 5) is 0. The van der Waals surface area contributed by atoms with Gasteiger partial charge in [0.25, 0.3) is 0 Å². The molecule has 0 aliphatic heterocycles. The molecule has 0 heterocycles. The molecule has 1 rings (SSSR count). The molecule has 1 aliphatic carbocycles. The molecular weight excluding hydrogens is 174 g/mol. The molecule has 0 saturated heterocycles. The van der Waals surface area contributed by atoms with Gasteiger partial charge in [0.05, 0.1) is 6.61 Å². The maximum absolute atomic E-state index is 5.01. The van der Waals surface area contributed by atoms with Gasteiger partial charge in [-0.15, -0.1) is 0 Å². The quantitative estimate of drug-likeness (QED) is 0.686. The third kappa shape index (κ3) is 4.43. The molecule has 2 unspecified atom stereocenters. The molecular formula is C12H25NO. The van der Waals surface area contributed by atoms with Gasteiger partial charge < -0.3 is 10.1 Å². The van der Waals surface area contributed by atoms with Gasteiger partial charge in [0.1, 0.15) is 0 Å². The Morgan fingerprint density at radius 3 is 2.36 bits per heavy atom. The van der Waals surface area contributed by atoms with E-state index in [-0.39, 0.29) is 0 Å². The van der Waals surface area contributed by atoms with Gasteiger partial charge in [-0.05, 0) is 43.6 Å². The summed E-state index contributed by atoms with van der Waals surface area (Å²) in [6, 6.07) is 0. The Bertz CT molecular complexity index is 139. The minimum Gasteiger partial charge on any atom is -0.383 e. The zero-order valence-electron chi connectivity index (χ0n) is 9.88. The Kier molecular flexibility index (Phi) is 5.49. The SMILES string of the molecule is COCCNCC1CC(C)CC(C)C1. The number of nitrogens with one attached hydrogen (secondary N) is 1. The first-order valence-electron chi connectivity index (χ1n) is 5.92. The van der Waals surface area contributed by atoms with E-state index in [2.05, 4.69) is 19.2 Å². The topological polar surface area (TPSA) is 21.3 Å². The van der Waals surface area contributed by atoms with Crippen LogP contribution in [0, 0.1) is 17.8 Å². The van der Waals surface area contributed by atoms with Crippen molar-refractivity contribution in [2.24, 2.45) is 17.8 Å². The Labute approximate surface area is 88.4 Å². The van der Waals surface area contributed by atoms with Gasteiger partial charge >= 0.3 is 0 Å². The zero-order valence-corrected chi connectivity index (χ0v) is 9.88. The monoisotopic (exact) mass is 199 g/mol. The van der Waals surface area contributed by atoms with Gasteiger partial charge in [-0.2, -0.15) is 0 Å². The van der Waals surface area contributed by atoms with Gasteiger partial charge in [0, 0.05) is 13.7 Å². The second kappa shape index (κ2) is 6.41. The van der Waals surface area contributed by atoms with E-state index in [1.807, 2.05) is 0 Å². The van der Waals surface area contributed by atoms with Crippen molar-refractivity contribution < 1.29 is 4.74 Å².